The number of aromatic amines is 1. The number of aromatic nitrogens is 1. The van der Waals surface area contributed by atoms with E-state index in [2.05, 4.69) is 4.74 Å². The van der Waals surface area contributed by atoms with Crippen LogP contribution in [-0.2, 0) is 0 Å². The number of H-pyrrole nitrogens is 1. The molecule has 0 spiro atoms. The topological polar surface area (TPSA) is 102 Å². The first-order valence-corrected chi connectivity index (χ1v) is 3.87. The standard InChI is InChI=1S/C7H3F3N2O5/c8-7(9,10)17-4-1-11-6(12(15)16)3(2-13)5(4)14/h1-2H,(H,11,14). The lowest BCUT2D eigenvalue weighted by Crippen LogP contribution is -2.24. The molecular formula is C7H3F3N2O5. The lowest BCUT2D eigenvalue weighted by Gasteiger charge is -2.07. The van der Waals surface area contributed by atoms with Gasteiger partial charge in [-0.25, -0.2) is 4.98 Å². The molecule has 0 aliphatic carbocycles. The highest BCUT2D eigenvalue weighted by Gasteiger charge is 2.34. The number of alkyl halides is 3. The Bertz CT molecular complexity index is 521. The third kappa shape index (κ3) is 2.80. The number of pyridine rings is 1. The highest BCUT2D eigenvalue weighted by Crippen LogP contribution is 2.21. The molecule has 0 aromatic carbocycles. The van der Waals surface area contributed by atoms with Crippen LogP contribution in [0.1, 0.15) is 10.4 Å². The molecule has 1 rings (SSSR count). The molecule has 0 bridgehead atoms. The van der Waals surface area contributed by atoms with E-state index in [1.165, 1.54) is 0 Å². The van der Waals surface area contributed by atoms with Crippen LogP contribution in [0.2, 0.25) is 0 Å². The SMILES string of the molecule is O=Cc1c([N+](=O)[O-])[nH]cc(OC(F)(F)F)c1=O. The molecule has 17 heavy (non-hydrogen) atoms. The van der Waals surface area contributed by atoms with Gasteiger partial charge in [0, 0.05) is 0 Å². The largest absolute Gasteiger partial charge is 0.573 e. The zero-order valence-electron chi connectivity index (χ0n) is 7.78. The monoisotopic (exact) mass is 252 g/mol. The number of hydrogen-bond acceptors (Lipinski definition) is 5. The van der Waals surface area contributed by atoms with Crippen molar-refractivity contribution in [2.45, 2.75) is 6.36 Å². The van der Waals surface area contributed by atoms with Crippen LogP contribution < -0.4 is 10.2 Å². The molecule has 0 amide bonds. The fourth-order valence-electron chi connectivity index (χ4n) is 0.978. The quantitative estimate of drug-likeness (QED) is 0.491. The van der Waals surface area contributed by atoms with Gasteiger partial charge in [-0.05, 0) is 4.92 Å². The maximum absolute atomic E-state index is 11.8. The molecule has 7 nitrogen and oxygen atoms in total. The van der Waals surface area contributed by atoms with Gasteiger partial charge in [0.05, 0.1) is 0 Å². The Morgan fingerprint density at radius 2 is 2.06 bits per heavy atom. The third-order valence-electron chi connectivity index (χ3n) is 1.59. The van der Waals surface area contributed by atoms with Gasteiger partial charge >= 0.3 is 12.2 Å². The summed E-state index contributed by atoms with van der Waals surface area (Å²) in [6.45, 7) is 0. The summed E-state index contributed by atoms with van der Waals surface area (Å²) >= 11 is 0. The van der Waals surface area contributed by atoms with E-state index in [4.69, 9.17) is 0 Å². The number of carbonyl (C=O) groups is 1. The number of halogens is 3. The maximum Gasteiger partial charge on any atom is 0.573 e. The Balaban J connectivity index is 3.36. The second-order valence-corrected chi connectivity index (χ2v) is 2.67. The molecule has 0 atom stereocenters. The van der Waals surface area contributed by atoms with E-state index in [-0.39, 0.29) is 6.29 Å². The minimum atomic E-state index is -5.14. The first kappa shape index (κ1) is 12.7. The van der Waals surface area contributed by atoms with Crippen LogP contribution in [0.5, 0.6) is 5.75 Å². The fraction of sp³-hybridized carbons (Fsp3) is 0.143. The van der Waals surface area contributed by atoms with E-state index < -0.39 is 33.8 Å². The van der Waals surface area contributed by atoms with E-state index in [9.17, 15) is 32.9 Å². The number of rotatable bonds is 3. The highest BCUT2D eigenvalue weighted by molar-refractivity contribution is 5.80. The zero-order chi connectivity index (χ0) is 13.2. The number of carbonyl (C=O) groups excluding carboxylic acids is 1. The van der Waals surface area contributed by atoms with Crippen molar-refractivity contribution in [3.05, 3.63) is 32.1 Å². The first-order chi connectivity index (χ1) is 7.76. The van der Waals surface area contributed by atoms with Crippen LogP contribution in [0.25, 0.3) is 0 Å². The van der Waals surface area contributed by atoms with Crippen molar-refractivity contribution in [1.29, 1.82) is 0 Å². The molecule has 1 aromatic rings. The Kier molecular flexibility index (Phi) is 3.16. The van der Waals surface area contributed by atoms with Crippen molar-refractivity contribution >= 4 is 12.1 Å². The summed E-state index contributed by atoms with van der Waals surface area (Å²) in [6, 6.07) is 0. The number of aldehydes is 1. The molecule has 0 saturated carbocycles. The Hall–Kier alpha value is -2.39. The molecule has 1 N–H and O–H groups in total. The molecule has 0 fully saturated rings. The van der Waals surface area contributed by atoms with Crippen LogP contribution in [0.15, 0.2) is 11.0 Å². The van der Waals surface area contributed by atoms with Crippen molar-refractivity contribution in [2.24, 2.45) is 0 Å². The average molecular weight is 252 g/mol. The molecule has 0 radical (unpaired) electrons. The number of nitrogens with zero attached hydrogens (tertiary/aromatic N) is 1. The minimum absolute atomic E-state index is 0.222. The van der Waals surface area contributed by atoms with Gasteiger partial charge in [-0.3, -0.25) is 9.59 Å². The van der Waals surface area contributed by atoms with Crippen LogP contribution in [-0.4, -0.2) is 22.6 Å². The summed E-state index contributed by atoms with van der Waals surface area (Å²) in [5, 5.41) is 10.3. The van der Waals surface area contributed by atoms with Gasteiger partial charge in [-0.2, -0.15) is 0 Å². The molecular weight excluding hydrogens is 249 g/mol. The lowest BCUT2D eigenvalue weighted by atomic mass is 10.2. The van der Waals surface area contributed by atoms with E-state index in [0.29, 0.717) is 6.20 Å². The van der Waals surface area contributed by atoms with Gasteiger partial charge in [-0.1, -0.05) is 0 Å². The molecule has 1 aromatic heterocycles. The average Bonchev–Trinajstić information content (AvgIpc) is 2.18. The fourth-order valence-corrected chi connectivity index (χ4v) is 0.978. The van der Waals surface area contributed by atoms with E-state index in [1.807, 2.05) is 0 Å². The van der Waals surface area contributed by atoms with Gasteiger partial charge in [-0.15, -0.1) is 13.2 Å². The molecule has 10 heteroatoms. The number of hydrogen-bond donors (Lipinski definition) is 1. The zero-order valence-corrected chi connectivity index (χ0v) is 7.78. The number of ether oxygens (including phenoxy) is 1. The summed E-state index contributed by atoms with van der Waals surface area (Å²) in [4.78, 5) is 32.6. The minimum Gasteiger partial charge on any atom is -0.398 e. The Morgan fingerprint density at radius 3 is 2.47 bits per heavy atom. The first-order valence-electron chi connectivity index (χ1n) is 3.87. The van der Waals surface area contributed by atoms with Crippen molar-refractivity contribution in [3.8, 4) is 5.75 Å². The second kappa shape index (κ2) is 4.23. The summed E-state index contributed by atoms with van der Waals surface area (Å²) < 4.78 is 38.7. The van der Waals surface area contributed by atoms with Crippen LogP contribution in [0.4, 0.5) is 19.0 Å². The summed E-state index contributed by atoms with van der Waals surface area (Å²) in [7, 11) is 0. The smallest absolute Gasteiger partial charge is 0.398 e. The molecule has 0 aliphatic heterocycles. The normalized spacial score (nSPS) is 11.0. The summed E-state index contributed by atoms with van der Waals surface area (Å²) in [6.07, 6.45) is -5.00. The molecule has 0 aliphatic rings. The van der Waals surface area contributed by atoms with Crippen molar-refractivity contribution < 1.29 is 27.6 Å². The van der Waals surface area contributed by atoms with Gasteiger partial charge in [0.15, 0.2) is 11.8 Å². The third-order valence-corrected chi connectivity index (χ3v) is 1.59. The van der Waals surface area contributed by atoms with Crippen LogP contribution in [0.3, 0.4) is 0 Å². The van der Waals surface area contributed by atoms with Crippen molar-refractivity contribution in [2.75, 3.05) is 0 Å². The Labute approximate surface area is 90.0 Å². The maximum atomic E-state index is 11.8. The highest BCUT2D eigenvalue weighted by atomic mass is 19.4. The molecule has 92 valence electrons. The van der Waals surface area contributed by atoms with Crippen molar-refractivity contribution in [1.82, 2.24) is 4.98 Å². The summed E-state index contributed by atoms with van der Waals surface area (Å²) in [5.41, 5.74) is -2.56. The van der Waals surface area contributed by atoms with Crippen LogP contribution in [0, 0.1) is 10.1 Å². The van der Waals surface area contributed by atoms with Gasteiger partial charge in [0.2, 0.25) is 11.2 Å². The lowest BCUT2D eigenvalue weighted by molar-refractivity contribution is -0.389. The van der Waals surface area contributed by atoms with E-state index in [1.54, 1.807) is 4.98 Å². The second-order valence-electron chi connectivity index (χ2n) is 2.67. The number of nitrogens with one attached hydrogen (secondary N) is 1. The van der Waals surface area contributed by atoms with Gasteiger partial charge in [0.1, 0.15) is 6.20 Å². The molecule has 0 saturated heterocycles. The molecule has 1 heterocycles. The van der Waals surface area contributed by atoms with Crippen molar-refractivity contribution in [3.63, 3.8) is 0 Å². The van der Waals surface area contributed by atoms with E-state index in [0.717, 1.165) is 0 Å². The number of nitro groups is 1. The predicted molar refractivity (Wildman–Crippen MR) is 45.8 cm³/mol. The van der Waals surface area contributed by atoms with Crippen LogP contribution >= 0.6 is 0 Å². The predicted octanol–water partition coefficient (Wildman–Crippen LogP) is 0.994. The molecule has 0 unspecified atom stereocenters. The van der Waals surface area contributed by atoms with E-state index >= 15 is 0 Å². The van der Waals surface area contributed by atoms with Gasteiger partial charge in [0.25, 0.3) is 0 Å². The Morgan fingerprint density at radius 1 is 1.47 bits per heavy atom. The summed E-state index contributed by atoms with van der Waals surface area (Å²) in [5.74, 6) is -2.25. The van der Waals surface area contributed by atoms with Gasteiger partial charge < -0.3 is 14.9 Å².